The lowest BCUT2D eigenvalue weighted by atomic mass is 10.2. The van der Waals surface area contributed by atoms with E-state index < -0.39 is 0 Å². The molecule has 1 N–H and O–H groups in total. The molecule has 0 aliphatic heterocycles. The van der Waals surface area contributed by atoms with Gasteiger partial charge in [-0.05, 0) is 59.1 Å². The molecule has 0 aliphatic carbocycles. The Morgan fingerprint density at radius 3 is 2.75 bits per heavy atom. The maximum atomic E-state index is 13.8. The summed E-state index contributed by atoms with van der Waals surface area (Å²) < 4.78 is 17.4. The lowest BCUT2D eigenvalue weighted by Gasteiger charge is -2.07. The molecule has 0 aliphatic rings. The van der Waals surface area contributed by atoms with Gasteiger partial charge < -0.3 is 4.98 Å². The first-order chi connectivity index (χ1) is 9.47. The van der Waals surface area contributed by atoms with Crippen molar-refractivity contribution in [3.05, 3.63) is 54.0 Å². The Balaban J connectivity index is 2.39. The van der Waals surface area contributed by atoms with Crippen molar-refractivity contribution in [3.8, 4) is 5.69 Å². The van der Waals surface area contributed by atoms with E-state index in [1.54, 1.807) is 16.7 Å². The van der Waals surface area contributed by atoms with Crippen LogP contribution >= 0.6 is 62.3 Å². The summed E-state index contributed by atoms with van der Waals surface area (Å²) in [6.45, 7) is 0. The fourth-order valence-electron chi connectivity index (χ4n) is 2.00. The Bertz CT molecular complexity index is 890. The number of benzene rings is 2. The van der Waals surface area contributed by atoms with E-state index in [-0.39, 0.29) is 5.82 Å². The highest BCUT2D eigenvalue weighted by Gasteiger charge is 2.12. The molecule has 0 radical (unpaired) electrons. The van der Waals surface area contributed by atoms with Crippen molar-refractivity contribution < 1.29 is 4.39 Å². The van der Waals surface area contributed by atoms with Gasteiger partial charge in [0.25, 0.3) is 0 Å². The van der Waals surface area contributed by atoms with Gasteiger partial charge in [0, 0.05) is 10.5 Å². The third-order valence-corrected chi connectivity index (χ3v) is 4.78. The summed E-state index contributed by atoms with van der Waals surface area (Å²) >= 11 is 16.9. The number of H-pyrrole nitrogens is 1. The molecule has 2 nitrogen and oxygen atoms in total. The molecule has 0 atom stereocenters. The van der Waals surface area contributed by atoms with E-state index in [1.807, 2.05) is 34.7 Å². The molecule has 3 rings (SSSR count). The van der Waals surface area contributed by atoms with Gasteiger partial charge in [-0.25, -0.2) is 4.39 Å². The Morgan fingerprint density at radius 2 is 2.05 bits per heavy atom. The van der Waals surface area contributed by atoms with Crippen LogP contribution in [-0.4, -0.2) is 9.55 Å². The summed E-state index contributed by atoms with van der Waals surface area (Å²) in [4.78, 5) is 3.07. The van der Waals surface area contributed by atoms with Crippen molar-refractivity contribution in [3.63, 3.8) is 0 Å². The molecule has 0 saturated carbocycles. The van der Waals surface area contributed by atoms with Crippen molar-refractivity contribution in [1.29, 1.82) is 0 Å². The Morgan fingerprint density at radius 1 is 1.30 bits per heavy atom. The molecule has 0 saturated heterocycles. The van der Waals surface area contributed by atoms with Crippen LogP contribution in [0.15, 0.2) is 34.8 Å². The molecular formula is C13H6BrClFIN2S. The predicted molar refractivity (Wildman–Crippen MR) is 93.8 cm³/mol. The first-order valence-electron chi connectivity index (χ1n) is 5.52. The second kappa shape index (κ2) is 5.40. The summed E-state index contributed by atoms with van der Waals surface area (Å²) in [6, 6.07) is 8.67. The maximum absolute atomic E-state index is 13.8. The van der Waals surface area contributed by atoms with Crippen molar-refractivity contribution in [2.24, 2.45) is 0 Å². The van der Waals surface area contributed by atoms with Crippen LogP contribution in [0, 0.1) is 14.2 Å². The van der Waals surface area contributed by atoms with E-state index in [0.29, 0.717) is 24.6 Å². The largest absolute Gasteiger partial charge is 0.330 e. The third kappa shape index (κ3) is 2.43. The van der Waals surface area contributed by atoms with E-state index in [2.05, 4.69) is 20.9 Å². The summed E-state index contributed by atoms with van der Waals surface area (Å²) in [5.41, 5.74) is 2.16. The second-order valence-corrected chi connectivity index (χ2v) is 7.02. The fraction of sp³-hybridized carbons (Fsp3) is 0. The summed E-state index contributed by atoms with van der Waals surface area (Å²) in [5.74, 6) is -0.283. The standard InChI is InChI=1S/C13H6BrClFIN2S/c14-6-1-2-11(7(15)3-6)19-12-4-8(16)9(17)5-10(12)18-13(19)20/h1-5H,(H,18,20). The van der Waals surface area contributed by atoms with E-state index in [4.69, 9.17) is 23.8 Å². The minimum atomic E-state index is -0.283. The molecular weight excluding hydrogens is 477 g/mol. The van der Waals surface area contributed by atoms with Crippen LogP contribution in [-0.2, 0) is 0 Å². The number of halogens is 4. The van der Waals surface area contributed by atoms with Crippen molar-refractivity contribution in [2.75, 3.05) is 0 Å². The van der Waals surface area contributed by atoms with Crippen LogP contribution in [0.4, 0.5) is 4.39 Å². The van der Waals surface area contributed by atoms with Crippen LogP contribution in [0.5, 0.6) is 0 Å². The van der Waals surface area contributed by atoms with Gasteiger partial charge in [-0.3, -0.25) is 4.57 Å². The van der Waals surface area contributed by atoms with Crippen LogP contribution in [0.3, 0.4) is 0 Å². The van der Waals surface area contributed by atoms with Crippen molar-refractivity contribution in [1.82, 2.24) is 9.55 Å². The Labute approximate surface area is 146 Å². The van der Waals surface area contributed by atoms with Crippen LogP contribution < -0.4 is 0 Å². The molecule has 0 unspecified atom stereocenters. The van der Waals surface area contributed by atoms with Gasteiger partial charge in [-0.15, -0.1) is 0 Å². The van der Waals surface area contributed by atoms with Crippen LogP contribution in [0.25, 0.3) is 16.7 Å². The van der Waals surface area contributed by atoms with Gasteiger partial charge in [-0.1, -0.05) is 27.5 Å². The minimum absolute atomic E-state index is 0.283. The Kier molecular flexibility index (Phi) is 3.91. The average Bonchev–Trinajstić information content (AvgIpc) is 2.66. The van der Waals surface area contributed by atoms with Crippen LogP contribution in [0.1, 0.15) is 0 Å². The lowest BCUT2D eigenvalue weighted by molar-refractivity contribution is 0.622. The molecule has 0 spiro atoms. The predicted octanol–water partition coefficient (Wildman–Crippen LogP) is 5.85. The number of rotatable bonds is 1. The molecule has 2 aromatic carbocycles. The fourth-order valence-corrected chi connectivity index (χ4v) is 3.54. The number of fused-ring (bicyclic) bond motifs is 1. The summed E-state index contributed by atoms with van der Waals surface area (Å²) in [7, 11) is 0. The minimum Gasteiger partial charge on any atom is -0.330 e. The first kappa shape index (κ1) is 14.5. The molecule has 102 valence electrons. The second-order valence-electron chi connectivity index (χ2n) is 4.14. The van der Waals surface area contributed by atoms with E-state index in [9.17, 15) is 4.39 Å². The summed E-state index contributed by atoms with van der Waals surface area (Å²) in [5, 5.41) is 0.537. The van der Waals surface area contributed by atoms with E-state index in [1.165, 1.54) is 6.07 Å². The summed E-state index contributed by atoms with van der Waals surface area (Å²) in [6.07, 6.45) is 0. The molecule has 0 amide bonds. The topological polar surface area (TPSA) is 20.7 Å². The van der Waals surface area contributed by atoms with Gasteiger partial charge in [-0.2, -0.15) is 0 Å². The van der Waals surface area contributed by atoms with E-state index >= 15 is 0 Å². The smallest absolute Gasteiger partial charge is 0.182 e. The normalized spacial score (nSPS) is 11.2. The highest BCUT2D eigenvalue weighted by molar-refractivity contribution is 14.1. The quantitative estimate of drug-likeness (QED) is 0.340. The number of nitrogens with zero attached hydrogens (tertiary/aromatic N) is 1. The highest BCUT2D eigenvalue weighted by Crippen LogP contribution is 2.29. The SMILES string of the molecule is Fc1cc2c(cc1I)[nH]c(=S)n2-c1ccc(Br)cc1Cl. The van der Waals surface area contributed by atoms with Gasteiger partial charge >= 0.3 is 0 Å². The van der Waals surface area contributed by atoms with Crippen LogP contribution in [0.2, 0.25) is 5.02 Å². The van der Waals surface area contributed by atoms with Gasteiger partial charge in [0.05, 0.1) is 25.3 Å². The Hall–Kier alpha value is -0.440. The molecule has 20 heavy (non-hydrogen) atoms. The first-order valence-corrected chi connectivity index (χ1v) is 8.18. The zero-order valence-corrected chi connectivity index (χ0v) is 15.1. The monoisotopic (exact) mass is 482 g/mol. The number of hydrogen-bond donors (Lipinski definition) is 1. The van der Waals surface area contributed by atoms with Gasteiger partial charge in [0.15, 0.2) is 4.77 Å². The van der Waals surface area contributed by atoms with Crippen molar-refractivity contribution in [2.45, 2.75) is 0 Å². The lowest BCUT2D eigenvalue weighted by Crippen LogP contribution is -1.95. The maximum Gasteiger partial charge on any atom is 0.182 e. The zero-order chi connectivity index (χ0) is 14.4. The number of nitrogens with one attached hydrogen (secondary N) is 1. The number of aromatic nitrogens is 2. The molecule has 1 heterocycles. The van der Waals surface area contributed by atoms with Gasteiger partial charge in [0.1, 0.15) is 5.82 Å². The number of imidazole rings is 1. The number of hydrogen-bond acceptors (Lipinski definition) is 1. The molecule has 7 heteroatoms. The molecule has 0 fully saturated rings. The molecule has 1 aromatic heterocycles. The zero-order valence-electron chi connectivity index (χ0n) is 9.75. The molecule has 0 bridgehead atoms. The molecule has 3 aromatic rings. The third-order valence-electron chi connectivity index (χ3n) is 2.87. The number of aromatic amines is 1. The van der Waals surface area contributed by atoms with Crippen molar-refractivity contribution >= 4 is 73.4 Å². The average molecular weight is 484 g/mol. The highest BCUT2D eigenvalue weighted by atomic mass is 127. The van der Waals surface area contributed by atoms with Gasteiger partial charge in [0.2, 0.25) is 0 Å². The van der Waals surface area contributed by atoms with E-state index in [0.717, 1.165) is 9.99 Å².